The third-order valence-corrected chi connectivity index (χ3v) is 10.4. The van der Waals surface area contributed by atoms with Crippen molar-refractivity contribution in [1.82, 2.24) is 9.97 Å². The van der Waals surface area contributed by atoms with E-state index in [1.165, 1.54) is 0 Å². The van der Waals surface area contributed by atoms with Crippen LogP contribution in [-0.4, -0.2) is 9.97 Å². The van der Waals surface area contributed by atoms with Crippen molar-refractivity contribution in [3.05, 3.63) is 167 Å². The molecule has 6 heteroatoms. The molecule has 0 saturated heterocycles. The first-order valence-corrected chi connectivity index (χ1v) is 19.1. The molecule has 0 atom stereocenters. The lowest BCUT2D eigenvalue weighted by molar-refractivity contribution is 0.590. The molecule has 0 fully saturated rings. The van der Waals surface area contributed by atoms with Gasteiger partial charge in [-0.15, -0.1) is 0 Å². The van der Waals surface area contributed by atoms with E-state index in [1.807, 2.05) is 133 Å². The zero-order valence-corrected chi connectivity index (χ0v) is 33.4. The summed E-state index contributed by atoms with van der Waals surface area (Å²) in [4.78, 5) is 10.1. The summed E-state index contributed by atoms with van der Waals surface area (Å²) in [5.41, 5.74) is 9.82. The van der Waals surface area contributed by atoms with Gasteiger partial charge in [-0.05, 0) is 39.2 Å². The van der Waals surface area contributed by atoms with E-state index in [-0.39, 0.29) is 33.1 Å². The van der Waals surface area contributed by atoms with Crippen molar-refractivity contribution in [2.45, 2.75) is 52.4 Å². The molecule has 5 aromatic carbocycles. The topological polar surface area (TPSA) is 121 Å². The molecule has 0 aliphatic heterocycles. The number of nitriles is 4. The predicted molar refractivity (Wildman–Crippen MR) is 231 cm³/mol. The van der Waals surface area contributed by atoms with Crippen LogP contribution in [0.2, 0.25) is 0 Å². The third kappa shape index (κ3) is 7.24. The normalized spacial score (nSPS) is 11.2. The van der Waals surface area contributed by atoms with Crippen LogP contribution in [0.25, 0.3) is 67.3 Å². The van der Waals surface area contributed by atoms with Gasteiger partial charge in [0.1, 0.15) is 24.3 Å². The Balaban J connectivity index is 1.54. The SMILES string of the molecule is CC(C)(C)c1ccc(-c2nc(-c3ccccc3)c(C#N)c(-c3cccc(-c4c(C#N)c(-c5ccccc5)nc(-c5ccc(C(C)(C)C)cc5)c4C#N)c3)c2C#N)cc1. The zero-order chi connectivity index (χ0) is 41.2. The highest BCUT2D eigenvalue weighted by Gasteiger charge is 2.27. The quantitative estimate of drug-likeness (QED) is 0.167. The molecule has 278 valence electrons. The predicted octanol–water partition coefficient (Wildman–Crippen LogP) is 12.6. The van der Waals surface area contributed by atoms with Gasteiger partial charge in [0.2, 0.25) is 0 Å². The Morgan fingerprint density at radius 1 is 0.345 bits per heavy atom. The lowest BCUT2D eigenvalue weighted by Crippen LogP contribution is -2.10. The summed E-state index contributed by atoms with van der Waals surface area (Å²) in [5.74, 6) is 0. The van der Waals surface area contributed by atoms with Gasteiger partial charge in [0.05, 0.1) is 45.0 Å². The molecule has 2 aromatic heterocycles. The summed E-state index contributed by atoms with van der Waals surface area (Å²) in [6.45, 7) is 12.9. The van der Waals surface area contributed by atoms with E-state index in [9.17, 15) is 21.0 Å². The van der Waals surface area contributed by atoms with Crippen LogP contribution in [0.5, 0.6) is 0 Å². The average molecular weight is 749 g/mol. The van der Waals surface area contributed by atoms with Crippen molar-refractivity contribution in [2.24, 2.45) is 0 Å². The molecular weight excluding hydrogens is 709 g/mol. The Bertz CT molecular complexity index is 2650. The Morgan fingerprint density at radius 3 is 0.897 bits per heavy atom. The third-order valence-electron chi connectivity index (χ3n) is 10.4. The van der Waals surface area contributed by atoms with E-state index in [2.05, 4.69) is 65.8 Å². The maximum Gasteiger partial charge on any atom is 0.102 e. The number of benzene rings is 5. The van der Waals surface area contributed by atoms with Crippen molar-refractivity contribution in [2.75, 3.05) is 0 Å². The molecule has 0 unspecified atom stereocenters. The number of nitrogens with zero attached hydrogens (tertiary/aromatic N) is 6. The van der Waals surface area contributed by atoms with Crippen LogP contribution in [0.4, 0.5) is 0 Å². The van der Waals surface area contributed by atoms with Crippen LogP contribution >= 0.6 is 0 Å². The first-order valence-electron chi connectivity index (χ1n) is 19.1. The van der Waals surface area contributed by atoms with Crippen LogP contribution in [-0.2, 0) is 10.8 Å². The highest BCUT2D eigenvalue weighted by atomic mass is 14.7. The summed E-state index contributed by atoms with van der Waals surface area (Å²) >= 11 is 0. The van der Waals surface area contributed by atoms with E-state index in [4.69, 9.17) is 9.97 Å². The van der Waals surface area contributed by atoms with Gasteiger partial charge in [-0.2, -0.15) is 21.0 Å². The highest BCUT2D eigenvalue weighted by Crippen LogP contribution is 2.43. The van der Waals surface area contributed by atoms with Gasteiger partial charge in [0.15, 0.2) is 0 Å². The smallest absolute Gasteiger partial charge is 0.102 e. The summed E-state index contributed by atoms with van der Waals surface area (Å²) in [6, 6.07) is 52.1. The molecule has 0 amide bonds. The second-order valence-electron chi connectivity index (χ2n) is 16.3. The zero-order valence-electron chi connectivity index (χ0n) is 33.4. The Labute approximate surface area is 340 Å². The molecule has 0 radical (unpaired) electrons. The second-order valence-corrected chi connectivity index (χ2v) is 16.3. The van der Waals surface area contributed by atoms with Crippen molar-refractivity contribution in [3.8, 4) is 91.6 Å². The number of pyridine rings is 2. The lowest BCUT2D eigenvalue weighted by Gasteiger charge is -2.21. The first kappa shape index (κ1) is 38.6. The van der Waals surface area contributed by atoms with Gasteiger partial charge in [-0.1, -0.05) is 169 Å². The molecule has 2 heterocycles. The van der Waals surface area contributed by atoms with E-state index < -0.39 is 0 Å². The average Bonchev–Trinajstić information content (AvgIpc) is 3.24. The van der Waals surface area contributed by atoms with Crippen molar-refractivity contribution in [1.29, 1.82) is 21.0 Å². The summed E-state index contributed by atoms with van der Waals surface area (Å²) in [7, 11) is 0. The van der Waals surface area contributed by atoms with Gasteiger partial charge in [0, 0.05) is 33.4 Å². The fourth-order valence-corrected chi connectivity index (χ4v) is 7.30. The summed E-state index contributed by atoms with van der Waals surface area (Å²) in [5, 5.41) is 43.6. The first-order chi connectivity index (χ1) is 27.9. The van der Waals surface area contributed by atoms with Crippen LogP contribution in [0.15, 0.2) is 133 Å². The van der Waals surface area contributed by atoms with Crippen LogP contribution in [0.1, 0.15) is 74.9 Å². The van der Waals surface area contributed by atoms with Gasteiger partial charge >= 0.3 is 0 Å². The fraction of sp³-hybridized carbons (Fsp3) is 0.154. The molecule has 7 rings (SSSR count). The van der Waals surface area contributed by atoms with Crippen LogP contribution in [0.3, 0.4) is 0 Å². The number of rotatable bonds is 6. The van der Waals surface area contributed by atoms with Gasteiger partial charge in [0.25, 0.3) is 0 Å². The Hall–Kier alpha value is -7.64. The maximum atomic E-state index is 10.9. The molecule has 0 aliphatic carbocycles. The molecular formula is C52H40N6. The molecule has 6 nitrogen and oxygen atoms in total. The molecule has 7 aromatic rings. The number of aromatic nitrogens is 2. The fourth-order valence-electron chi connectivity index (χ4n) is 7.30. The van der Waals surface area contributed by atoms with Gasteiger partial charge in [-0.25, -0.2) is 9.97 Å². The van der Waals surface area contributed by atoms with Gasteiger partial charge < -0.3 is 0 Å². The second kappa shape index (κ2) is 15.5. The molecule has 0 aliphatic rings. The number of hydrogen-bond acceptors (Lipinski definition) is 6. The molecule has 0 bridgehead atoms. The Morgan fingerprint density at radius 2 is 0.621 bits per heavy atom. The maximum absolute atomic E-state index is 10.9. The largest absolute Gasteiger partial charge is 0.245 e. The van der Waals surface area contributed by atoms with Crippen LogP contribution < -0.4 is 0 Å². The van der Waals surface area contributed by atoms with Gasteiger partial charge in [-0.3, -0.25) is 0 Å². The van der Waals surface area contributed by atoms with Crippen molar-refractivity contribution < 1.29 is 0 Å². The summed E-state index contributed by atoms with van der Waals surface area (Å²) < 4.78 is 0. The van der Waals surface area contributed by atoms with Crippen molar-refractivity contribution >= 4 is 0 Å². The minimum atomic E-state index is -0.0802. The standard InChI is InChI=1S/C52H40N6/c1-51(2,3)39-24-20-35(21-25-39)49-43(31-55)45(41(29-53)47(57-49)33-14-9-7-10-15-33)37-18-13-19-38(28-37)46-42(30-54)48(34-16-11-8-12-17-34)58-50(44(46)32-56)36-22-26-40(27-23-36)52(4,5)6/h7-28H,1-6H3. The summed E-state index contributed by atoms with van der Waals surface area (Å²) in [6.07, 6.45) is 0. The van der Waals surface area contributed by atoms with Crippen LogP contribution in [0, 0.1) is 45.3 Å². The minimum absolute atomic E-state index is 0.0802. The highest BCUT2D eigenvalue weighted by molar-refractivity contribution is 5.94. The molecule has 58 heavy (non-hydrogen) atoms. The van der Waals surface area contributed by atoms with E-state index in [0.29, 0.717) is 45.0 Å². The van der Waals surface area contributed by atoms with Crippen molar-refractivity contribution in [3.63, 3.8) is 0 Å². The molecule has 0 spiro atoms. The Kier molecular flexibility index (Phi) is 10.3. The molecule has 0 saturated carbocycles. The van der Waals surface area contributed by atoms with E-state index in [0.717, 1.165) is 33.4 Å². The van der Waals surface area contributed by atoms with E-state index in [1.54, 1.807) is 0 Å². The minimum Gasteiger partial charge on any atom is -0.245 e. The number of hydrogen-bond donors (Lipinski definition) is 0. The lowest BCUT2D eigenvalue weighted by atomic mass is 9.84. The molecule has 0 N–H and O–H groups in total. The monoisotopic (exact) mass is 748 g/mol. The van der Waals surface area contributed by atoms with E-state index >= 15 is 0 Å².